The molecular weight excluding hydrogens is 645 g/mol. The second-order valence-electron chi connectivity index (χ2n) is 12.2. The molecule has 2 aliphatic heterocycles. The Morgan fingerprint density at radius 3 is 1.77 bits per heavy atom. The van der Waals surface area contributed by atoms with Gasteiger partial charge in [-0.25, -0.2) is 0 Å². The van der Waals surface area contributed by atoms with E-state index in [2.05, 4.69) is 49.3 Å². The number of hydrogen-bond acceptors (Lipinski definition) is 12. The summed E-state index contributed by atoms with van der Waals surface area (Å²) < 4.78 is 0. The number of nitrogens with zero attached hydrogens (tertiary/aromatic N) is 2. The van der Waals surface area contributed by atoms with Crippen molar-refractivity contribution >= 4 is 50.6 Å². The van der Waals surface area contributed by atoms with Crippen LogP contribution in [0.15, 0.2) is 48.5 Å². The molecule has 2 amide bonds. The van der Waals surface area contributed by atoms with E-state index in [1.54, 1.807) is 0 Å². The predicted octanol–water partition coefficient (Wildman–Crippen LogP) is 2.67. The molecule has 2 saturated heterocycles. The molecule has 48 heavy (non-hydrogen) atoms. The van der Waals surface area contributed by atoms with E-state index in [0.29, 0.717) is 35.8 Å². The van der Waals surface area contributed by atoms with Crippen molar-refractivity contribution in [2.24, 2.45) is 5.73 Å². The van der Waals surface area contributed by atoms with Crippen LogP contribution in [0.4, 0.5) is 0 Å². The van der Waals surface area contributed by atoms with Gasteiger partial charge in [-0.15, -0.1) is 0 Å². The van der Waals surface area contributed by atoms with E-state index < -0.39 is 5.50 Å². The highest BCUT2D eigenvalue weighted by Crippen LogP contribution is 2.16. The summed E-state index contributed by atoms with van der Waals surface area (Å²) in [5, 5.41) is 37.3. The van der Waals surface area contributed by atoms with Crippen LogP contribution >= 0.6 is 23.5 Å². The summed E-state index contributed by atoms with van der Waals surface area (Å²) in [6.07, 6.45) is 2.70. The number of amidine groups is 1. The number of benzene rings is 2. The molecule has 0 aliphatic carbocycles. The van der Waals surface area contributed by atoms with Gasteiger partial charge in [0.25, 0.3) is 0 Å². The van der Waals surface area contributed by atoms with Crippen LogP contribution < -0.4 is 27.0 Å². The number of carbonyl (C=O) groups excluding carboxylic acids is 2. The minimum atomic E-state index is -0.707. The Labute approximate surface area is 292 Å². The minimum Gasteiger partial charge on any atom is -0.331 e. The number of hydrogen-bond donors (Lipinski definition) is 8. The Kier molecular flexibility index (Phi) is 16.0. The van der Waals surface area contributed by atoms with Crippen LogP contribution in [0.25, 0.3) is 0 Å². The topological polar surface area (TPSA) is 186 Å². The molecule has 2 heterocycles. The van der Waals surface area contributed by atoms with Crippen LogP contribution in [-0.2, 0) is 35.5 Å². The molecule has 9 N–H and O–H groups in total. The fraction of sp³-hybridized carbons (Fsp3) is 0.500. The number of unbranched alkanes of at least 4 members (excludes halogenated alkanes) is 1. The highest BCUT2D eigenvalue weighted by molar-refractivity contribution is 8.26. The molecule has 0 aromatic heterocycles. The fourth-order valence-corrected chi connectivity index (χ4v) is 7.11. The first-order chi connectivity index (χ1) is 23.2. The summed E-state index contributed by atoms with van der Waals surface area (Å²) in [4.78, 5) is 29.9. The molecule has 260 valence electrons. The van der Waals surface area contributed by atoms with Gasteiger partial charge in [-0.1, -0.05) is 60.3 Å². The molecule has 1 unspecified atom stereocenters. The van der Waals surface area contributed by atoms with E-state index in [9.17, 15) is 9.59 Å². The maximum atomic E-state index is 12.6. The largest absolute Gasteiger partial charge is 0.331 e. The average molecular weight is 695 g/mol. The zero-order valence-electron chi connectivity index (χ0n) is 27.6. The molecular formula is C34H50N10O2S2. The fourth-order valence-electron chi connectivity index (χ4n) is 5.69. The van der Waals surface area contributed by atoms with Crippen molar-refractivity contribution in [1.29, 1.82) is 16.2 Å². The number of thioether (sulfide) groups is 2. The monoisotopic (exact) mass is 694 g/mol. The van der Waals surface area contributed by atoms with Gasteiger partial charge in [-0.3, -0.25) is 35.6 Å². The first-order valence-corrected chi connectivity index (χ1v) is 18.4. The van der Waals surface area contributed by atoms with Gasteiger partial charge in [0, 0.05) is 65.4 Å². The first kappa shape index (κ1) is 37.7. The van der Waals surface area contributed by atoms with Gasteiger partial charge in [0.1, 0.15) is 5.50 Å². The second-order valence-corrected chi connectivity index (χ2v) is 14.5. The maximum Gasteiger partial charge on any atom is 0.230 e. The number of amides is 2. The van der Waals surface area contributed by atoms with Gasteiger partial charge in [-0.05, 0) is 59.7 Å². The summed E-state index contributed by atoms with van der Waals surface area (Å²) in [6, 6.07) is 16.1. The third-order valence-corrected chi connectivity index (χ3v) is 9.67. The molecule has 2 aromatic carbocycles. The lowest BCUT2D eigenvalue weighted by atomic mass is 10.1. The van der Waals surface area contributed by atoms with Crippen molar-refractivity contribution in [3.8, 4) is 0 Å². The molecule has 14 heteroatoms. The highest BCUT2D eigenvalue weighted by Gasteiger charge is 2.15. The number of rotatable bonds is 15. The van der Waals surface area contributed by atoms with Crippen molar-refractivity contribution in [1.82, 2.24) is 31.1 Å². The summed E-state index contributed by atoms with van der Waals surface area (Å²) in [7, 11) is 0. The zero-order valence-corrected chi connectivity index (χ0v) is 29.2. The standard InChI is InChI=1S/C34H50N10O2S2/c35-29(47-33(37)41-31(45)21-25-5-3-7-27(19-25)23-43-15-11-39-12-16-43)9-1-2-10-30(36)48-34(38)42-32(46)22-26-6-4-8-28(20-26)24-44-17-13-40-14-18-44/h3-8,19-20,33,35-36,39-40H,1-2,9-18,21-24,37H2,(H,41,45)(H2,38,42,46). The van der Waals surface area contributed by atoms with Gasteiger partial charge in [-0.2, -0.15) is 0 Å². The molecule has 2 aromatic rings. The smallest absolute Gasteiger partial charge is 0.230 e. The number of piperazine rings is 2. The van der Waals surface area contributed by atoms with Gasteiger partial charge >= 0.3 is 0 Å². The van der Waals surface area contributed by atoms with Gasteiger partial charge in [0.05, 0.1) is 22.9 Å². The number of nitrogens with one attached hydrogen (secondary N) is 7. The lowest BCUT2D eigenvalue weighted by Gasteiger charge is -2.27. The summed E-state index contributed by atoms with van der Waals surface area (Å²) in [5.41, 5.74) is 9.59. The quantitative estimate of drug-likeness (QED) is 0.0601. The van der Waals surface area contributed by atoms with Gasteiger partial charge in [0.2, 0.25) is 11.8 Å². The molecule has 0 spiro atoms. The Balaban J connectivity index is 1.05. The lowest BCUT2D eigenvalue weighted by molar-refractivity contribution is -0.120. The normalized spacial score (nSPS) is 16.2. The van der Waals surface area contributed by atoms with E-state index in [1.807, 2.05) is 30.3 Å². The van der Waals surface area contributed by atoms with E-state index in [1.165, 1.54) is 11.1 Å². The average Bonchev–Trinajstić information content (AvgIpc) is 3.04. The Bertz CT molecular complexity index is 1400. The van der Waals surface area contributed by atoms with Crippen LogP contribution in [0.1, 0.15) is 47.9 Å². The number of nitrogens with two attached hydrogens (primary N) is 1. The predicted molar refractivity (Wildman–Crippen MR) is 198 cm³/mol. The highest BCUT2D eigenvalue weighted by atomic mass is 32.2. The first-order valence-electron chi connectivity index (χ1n) is 16.7. The zero-order chi connectivity index (χ0) is 34.1. The van der Waals surface area contributed by atoms with Gasteiger partial charge < -0.3 is 27.0 Å². The summed E-state index contributed by atoms with van der Waals surface area (Å²) in [5.74, 6) is -0.450. The SMILES string of the molecule is N=C(CCCCC(=N)SC(N)NC(=O)Cc1cccc(CN2CCNCC2)c1)SC(=N)NC(=O)Cc1cccc(CN2CCNCC2)c1. The molecule has 0 saturated carbocycles. The molecule has 4 rings (SSSR count). The van der Waals surface area contributed by atoms with E-state index in [-0.39, 0.29) is 29.8 Å². The van der Waals surface area contributed by atoms with E-state index >= 15 is 0 Å². The van der Waals surface area contributed by atoms with E-state index in [4.69, 9.17) is 22.0 Å². The Morgan fingerprint density at radius 1 is 0.750 bits per heavy atom. The van der Waals surface area contributed by atoms with Crippen LogP contribution in [0.2, 0.25) is 0 Å². The minimum absolute atomic E-state index is 0.0572. The van der Waals surface area contributed by atoms with E-state index in [0.717, 1.165) is 100 Å². The molecule has 12 nitrogen and oxygen atoms in total. The van der Waals surface area contributed by atoms with Crippen molar-refractivity contribution in [2.45, 2.75) is 57.1 Å². The molecule has 0 radical (unpaired) electrons. The van der Waals surface area contributed by atoms with Crippen molar-refractivity contribution < 1.29 is 9.59 Å². The van der Waals surface area contributed by atoms with Crippen molar-refractivity contribution in [3.05, 3.63) is 70.8 Å². The van der Waals surface area contributed by atoms with Crippen LogP contribution in [0, 0.1) is 16.2 Å². The summed E-state index contributed by atoms with van der Waals surface area (Å²) in [6.45, 7) is 9.75. The van der Waals surface area contributed by atoms with Crippen molar-refractivity contribution in [3.63, 3.8) is 0 Å². The van der Waals surface area contributed by atoms with Crippen LogP contribution in [-0.4, -0.2) is 94.7 Å². The Hall–Kier alpha value is -3.11. The molecule has 0 bridgehead atoms. The molecule has 2 aliphatic rings. The van der Waals surface area contributed by atoms with Crippen LogP contribution in [0.5, 0.6) is 0 Å². The lowest BCUT2D eigenvalue weighted by Crippen LogP contribution is -2.42. The molecule has 2 fully saturated rings. The summed E-state index contributed by atoms with van der Waals surface area (Å²) >= 11 is 2.06. The van der Waals surface area contributed by atoms with Crippen LogP contribution in [0.3, 0.4) is 0 Å². The third-order valence-electron chi connectivity index (χ3n) is 8.05. The second kappa shape index (κ2) is 20.4. The Morgan fingerprint density at radius 2 is 1.23 bits per heavy atom. The van der Waals surface area contributed by atoms with Crippen molar-refractivity contribution in [2.75, 3.05) is 52.4 Å². The third kappa shape index (κ3) is 14.6. The molecule has 1 atom stereocenters. The van der Waals surface area contributed by atoms with Gasteiger partial charge in [0.15, 0.2) is 5.17 Å². The number of carbonyl (C=O) groups is 2. The maximum absolute atomic E-state index is 12.6.